The van der Waals surface area contributed by atoms with Crippen molar-refractivity contribution in [2.45, 2.75) is 19.7 Å². The molecule has 3 rings (SSSR count). The number of carbonyl (C=O) groups excluding carboxylic acids is 2. The van der Waals surface area contributed by atoms with Gasteiger partial charge in [-0.2, -0.15) is 0 Å². The Balaban J connectivity index is 1.79. The Morgan fingerprint density at radius 1 is 1.31 bits per heavy atom. The maximum absolute atomic E-state index is 14.6. The molecule has 1 atom stereocenters. The summed E-state index contributed by atoms with van der Waals surface area (Å²) in [4.78, 5) is 24.3. The van der Waals surface area contributed by atoms with Crippen LogP contribution in [0, 0.1) is 5.82 Å². The first-order valence-electron chi connectivity index (χ1n) is 8.15. The largest absolute Gasteiger partial charge is 0.442 e. The smallest absolute Gasteiger partial charge is 0.414 e. The number of anilines is 1. The van der Waals surface area contributed by atoms with Crippen molar-refractivity contribution >= 4 is 17.7 Å². The summed E-state index contributed by atoms with van der Waals surface area (Å²) in [6.07, 6.45) is -1.08. The van der Waals surface area contributed by atoms with E-state index in [1.165, 1.54) is 17.9 Å². The molecule has 26 heavy (non-hydrogen) atoms. The van der Waals surface area contributed by atoms with Crippen LogP contribution in [0.1, 0.15) is 12.5 Å². The van der Waals surface area contributed by atoms with E-state index in [1.54, 1.807) is 36.4 Å². The maximum atomic E-state index is 14.6. The summed E-state index contributed by atoms with van der Waals surface area (Å²) in [6, 6.07) is 11.0. The third-order valence-corrected chi connectivity index (χ3v) is 4.11. The maximum Gasteiger partial charge on any atom is 0.414 e. The number of cyclic esters (lactones) is 1. The highest BCUT2D eigenvalue weighted by molar-refractivity contribution is 5.90. The van der Waals surface area contributed by atoms with Gasteiger partial charge in [0.15, 0.2) is 0 Å². The van der Waals surface area contributed by atoms with Gasteiger partial charge >= 0.3 is 6.09 Å². The Bertz CT molecular complexity index is 841. The fourth-order valence-electron chi connectivity index (χ4n) is 2.82. The first-order chi connectivity index (χ1) is 12.5. The Morgan fingerprint density at radius 3 is 2.81 bits per heavy atom. The second-order valence-corrected chi connectivity index (χ2v) is 6.05. The lowest BCUT2D eigenvalue weighted by Gasteiger charge is -2.14. The molecule has 0 bridgehead atoms. The standard InChI is InChI=1S/C19H18F2N2O3/c1-12(24)22-10-16-11-23(19(25)26-16)15-5-6-17(18(21)8-15)14-4-2-3-13(7-14)9-20/h2-8,16H,9-11H2,1H3,(H,22,24)/t16-/m0/s1. The van der Waals surface area contributed by atoms with Crippen LogP contribution in [0.4, 0.5) is 19.3 Å². The minimum atomic E-state index is -0.622. The van der Waals surface area contributed by atoms with E-state index >= 15 is 0 Å². The first kappa shape index (κ1) is 17.8. The molecule has 7 heteroatoms. The third kappa shape index (κ3) is 3.82. The van der Waals surface area contributed by atoms with E-state index in [4.69, 9.17) is 4.74 Å². The average molecular weight is 360 g/mol. The molecule has 2 aromatic carbocycles. The molecule has 1 fully saturated rings. The number of hydrogen-bond donors (Lipinski definition) is 1. The highest BCUT2D eigenvalue weighted by Gasteiger charge is 2.32. The van der Waals surface area contributed by atoms with Crippen molar-refractivity contribution in [3.63, 3.8) is 0 Å². The molecule has 0 spiro atoms. The van der Waals surface area contributed by atoms with Crippen molar-refractivity contribution < 1.29 is 23.1 Å². The molecule has 1 aliphatic rings. The van der Waals surface area contributed by atoms with Gasteiger partial charge in [-0.25, -0.2) is 13.6 Å². The number of amides is 2. The van der Waals surface area contributed by atoms with Gasteiger partial charge in [-0.1, -0.05) is 18.2 Å². The summed E-state index contributed by atoms with van der Waals surface area (Å²) in [5.41, 5.74) is 1.72. The van der Waals surface area contributed by atoms with Gasteiger partial charge in [-0.3, -0.25) is 9.69 Å². The van der Waals surface area contributed by atoms with Crippen molar-refractivity contribution in [1.29, 1.82) is 0 Å². The van der Waals surface area contributed by atoms with Crippen LogP contribution in [0.2, 0.25) is 0 Å². The zero-order valence-corrected chi connectivity index (χ0v) is 14.2. The average Bonchev–Trinajstić information content (AvgIpc) is 3.00. The van der Waals surface area contributed by atoms with Gasteiger partial charge in [0.25, 0.3) is 0 Å². The number of halogens is 2. The van der Waals surface area contributed by atoms with Crippen LogP contribution in [0.5, 0.6) is 0 Å². The number of carbonyl (C=O) groups is 2. The van der Waals surface area contributed by atoms with Gasteiger partial charge in [0.2, 0.25) is 5.91 Å². The highest BCUT2D eigenvalue weighted by Crippen LogP contribution is 2.29. The first-order valence-corrected chi connectivity index (χ1v) is 8.15. The molecule has 1 N–H and O–H groups in total. The van der Waals surface area contributed by atoms with Crippen molar-refractivity contribution in [1.82, 2.24) is 5.32 Å². The van der Waals surface area contributed by atoms with Crippen LogP contribution >= 0.6 is 0 Å². The molecule has 1 heterocycles. The lowest BCUT2D eigenvalue weighted by molar-refractivity contribution is -0.119. The quantitative estimate of drug-likeness (QED) is 0.889. The van der Waals surface area contributed by atoms with Crippen LogP contribution in [0.15, 0.2) is 42.5 Å². The Labute approximate surface area is 149 Å². The summed E-state index contributed by atoms with van der Waals surface area (Å²) in [5.74, 6) is -0.734. The molecule has 1 saturated heterocycles. The van der Waals surface area contributed by atoms with E-state index in [0.29, 0.717) is 22.4 Å². The van der Waals surface area contributed by atoms with Crippen LogP contribution in [-0.4, -0.2) is 31.2 Å². The number of rotatable bonds is 5. The second kappa shape index (κ2) is 7.51. The molecule has 136 valence electrons. The zero-order valence-electron chi connectivity index (χ0n) is 14.2. The lowest BCUT2D eigenvalue weighted by Crippen LogP contribution is -2.33. The molecule has 0 aromatic heterocycles. The van der Waals surface area contributed by atoms with Crippen LogP contribution in [-0.2, 0) is 16.2 Å². The molecule has 0 radical (unpaired) electrons. The fourth-order valence-corrected chi connectivity index (χ4v) is 2.82. The molecule has 0 saturated carbocycles. The summed E-state index contributed by atoms with van der Waals surface area (Å²) in [5, 5.41) is 2.59. The predicted molar refractivity (Wildman–Crippen MR) is 92.9 cm³/mol. The molecular weight excluding hydrogens is 342 g/mol. The van der Waals surface area contributed by atoms with Crippen molar-refractivity contribution in [3.8, 4) is 11.1 Å². The third-order valence-electron chi connectivity index (χ3n) is 4.11. The topological polar surface area (TPSA) is 58.6 Å². The summed E-state index contributed by atoms with van der Waals surface area (Å²) in [6.45, 7) is 1.17. The van der Waals surface area contributed by atoms with Gasteiger partial charge in [0, 0.05) is 12.5 Å². The summed E-state index contributed by atoms with van der Waals surface area (Å²) >= 11 is 0. The molecule has 1 aliphatic heterocycles. The van der Waals surface area contributed by atoms with Crippen LogP contribution in [0.25, 0.3) is 11.1 Å². The predicted octanol–water partition coefficient (Wildman–Crippen LogP) is 3.42. The summed E-state index contributed by atoms with van der Waals surface area (Å²) in [7, 11) is 0. The molecule has 5 nitrogen and oxygen atoms in total. The number of nitrogens with one attached hydrogen (secondary N) is 1. The van der Waals surface area contributed by atoms with E-state index in [0.717, 1.165) is 0 Å². The number of ether oxygens (including phenoxy) is 1. The number of nitrogens with zero attached hydrogens (tertiary/aromatic N) is 1. The second-order valence-electron chi connectivity index (χ2n) is 6.05. The monoisotopic (exact) mass is 360 g/mol. The molecule has 0 aliphatic carbocycles. The Hall–Kier alpha value is -2.96. The van der Waals surface area contributed by atoms with Crippen molar-refractivity contribution in [2.24, 2.45) is 0 Å². The van der Waals surface area contributed by atoms with E-state index in [-0.39, 0.29) is 19.0 Å². The van der Waals surface area contributed by atoms with E-state index < -0.39 is 24.7 Å². The van der Waals surface area contributed by atoms with E-state index in [1.807, 2.05) is 0 Å². The Kier molecular flexibility index (Phi) is 5.16. The van der Waals surface area contributed by atoms with Gasteiger partial charge in [0.05, 0.1) is 18.8 Å². The van der Waals surface area contributed by atoms with Gasteiger partial charge < -0.3 is 10.1 Å². The lowest BCUT2D eigenvalue weighted by atomic mass is 10.0. The van der Waals surface area contributed by atoms with E-state index in [2.05, 4.69) is 5.32 Å². The van der Waals surface area contributed by atoms with Crippen molar-refractivity contribution in [2.75, 3.05) is 18.0 Å². The minimum Gasteiger partial charge on any atom is -0.442 e. The normalized spacial score (nSPS) is 16.5. The van der Waals surface area contributed by atoms with E-state index in [9.17, 15) is 18.4 Å². The molecule has 0 unspecified atom stereocenters. The summed E-state index contributed by atoms with van der Waals surface area (Å²) < 4.78 is 32.6. The van der Waals surface area contributed by atoms with Gasteiger partial charge in [-0.15, -0.1) is 0 Å². The van der Waals surface area contributed by atoms with Gasteiger partial charge in [0.1, 0.15) is 18.6 Å². The number of benzene rings is 2. The SMILES string of the molecule is CC(=O)NC[C@H]1CN(c2ccc(-c3cccc(CF)c3)c(F)c2)C(=O)O1. The Morgan fingerprint density at radius 2 is 2.12 bits per heavy atom. The fraction of sp³-hybridized carbons (Fsp3) is 0.263. The number of hydrogen-bond acceptors (Lipinski definition) is 3. The minimum absolute atomic E-state index is 0.203. The molecular formula is C19H18F2N2O3. The van der Waals surface area contributed by atoms with Gasteiger partial charge in [-0.05, 0) is 35.4 Å². The number of alkyl halides is 1. The van der Waals surface area contributed by atoms with Crippen LogP contribution in [0.3, 0.4) is 0 Å². The highest BCUT2D eigenvalue weighted by atomic mass is 19.1. The van der Waals surface area contributed by atoms with Crippen molar-refractivity contribution in [3.05, 3.63) is 53.8 Å². The zero-order chi connectivity index (χ0) is 18.7. The molecule has 2 amide bonds. The molecule has 2 aromatic rings. The van der Waals surface area contributed by atoms with Crippen LogP contribution < -0.4 is 10.2 Å².